The molecule has 0 radical (unpaired) electrons. The Morgan fingerprint density at radius 3 is 2.59 bits per heavy atom. The van der Waals surface area contributed by atoms with E-state index in [2.05, 4.69) is 4.72 Å². The summed E-state index contributed by atoms with van der Waals surface area (Å²) in [5.74, 6) is 0.223. The molecule has 22 heavy (non-hydrogen) atoms. The lowest BCUT2D eigenvalue weighted by Crippen LogP contribution is -2.31. The zero-order valence-electron chi connectivity index (χ0n) is 11.7. The third-order valence-corrected chi connectivity index (χ3v) is 4.74. The van der Waals surface area contributed by atoms with E-state index in [1.165, 1.54) is 18.2 Å². The van der Waals surface area contributed by atoms with Crippen molar-refractivity contribution < 1.29 is 22.7 Å². The SMILES string of the molecule is Cc1ccccc1S(=O)(=O)NC(=O)c1ccc2c(c1)OCO2. The summed E-state index contributed by atoms with van der Waals surface area (Å²) in [6.07, 6.45) is 0. The van der Waals surface area contributed by atoms with Crippen LogP contribution in [0, 0.1) is 6.92 Å². The van der Waals surface area contributed by atoms with Gasteiger partial charge in [0.25, 0.3) is 15.9 Å². The van der Waals surface area contributed by atoms with Gasteiger partial charge in [0.1, 0.15) is 0 Å². The van der Waals surface area contributed by atoms with Crippen LogP contribution in [0.2, 0.25) is 0 Å². The van der Waals surface area contributed by atoms with E-state index in [4.69, 9.17) is 9.47 Å². The number of aryl methyl sites for hydroxylation is 1. The lowest BCUT2D eigenvalue weighted by Gasteiger charge is -2.09. The molecule has 0 aliphatic carbocycles. The van der Waals surface area contributed by atoms with Gasteiger partial charge in [-0.25, -0.2) is 13.1 Å². The number of fused-ring (bicyclic) bond motifs is 1. The van der Waals surface area contributed by atoms with Crippen molar-refractivity contribution in [1.82, 2.24) is 4.72 Å². The summed E-state index contributed by atoms with van der Waals surface area (Å²) in [6.45, 7) is 1.75. The van der Waals surface area contributed by atoms with Crippen molar-refractivity contribution in [3.05, 3.63) is 53.6 Å². The van der Waals surface area contributed by atoms with Crippen LogP contribution in [0.15, 0.2) is 47.4 Å². The van der Waals surface area contributed by atoms with Crippen molar-refractivity contribution in [1.29, 1.82) is 0 Å². The Kier molecular flexibility index (Phi) is 3.50. The topological polar surface area (TPSA) is 81.7 Å². The number of carbonyl (C=O) groups is 1. The zero-order chi connectivity index (χ0) is 15.7. The predicted molar refractivity (Wildman–Crippen MR) is 78.4 cm³/mol. The van der Waals surface area contributed by atoms with Gasteiger partial charge < -0.3 is 9.47 Å². The first-order valence-electron chi connectivity index (χ1n) is 6.50. The van der Waals surface area contributed by atoms with Crippen molar-refractivity contribution in [2.45, 2.75) is 11.8 Å². The fraction of sp³-hybridized carbons (Fsp3) is 0.133. The number of rotatable bonds is 3. The Morgan fingerprint density at radius 2 is 1.82 bits per heavy atom. The van der Waals surface area contributed by atoms with Gasteiger partial charge >= 0.3 is 0 Å². The largest absolute Gasteiger partial charge is 0.454 e. The van der Waals surface area contributed by atoms with Gasteiger partial charge in [-0.1, -0.05) is 18.2 Å². The molecule has 1 heterocycles. The van der Waals surface area contributed by atoms with Crippen LogP contribution in [-0.4, -0.2) is 21.1 Å². The summed E-state index contributed by atoms with van der Waals surface area (Å²) in [5.41, 5.74) is 0.745. The van der Waals surface area contributed by atoms with Crippen molar-refractivity contribution in [2.75, 3.05) is 6.79 Å². The van der Waals surface area contributed by atoms with Crippen LogP contribution < -0.4 is 14.2 Å². The number of sulfonamides is 1. The van der Waals surface area contributed by atoms with Crippen LogP contribution in [0.4, 0.5) is 0 Å². The molecule has 1 N–H and O–H groups in total. The van der Waals surface area contributed by atoms with E-state index in [0.717, 1.165) is 0 Å². The molecule has 0 saturated carbocycles. The molecular weight excluding hydrogens is 306 g/mol. The van der Waals surface area contributed by atoms with Crippen LogP contribution in [0.5, 0.6) is 11.5 Å². The Bertz CT molecular complexity index is 845. The molecule has 7 heteroatoms. The molecular formula is C15H13NO5S. The first-order valence-corrected chi connectivity index (χ1v) is 7.98. The first kappa shape index (κ1) is 14.4. The number of ether oxygens (including phenoxy) is 2. The number of benzene rings is 2. The number of amides is 1. The summed E-state index contributed by atoms with van der Waals surface area (Å²) in [4.78, 5) is 12.2. The van der Waals surface area contributed by atoms with E-state index in [1.807, 2.05) is 0 Å². The number of carbonyl (C=O) groups excluding carboxylic acids is 1. The molecule has 6 nitrogen and oxygen atoms in total. The van der Waals surface area contributed by atoms with E-state index in [-0.39, 0.29) is 17.3 Å². The molecule has 0 saturated heterocycles. The highest BCUT2D eigenvalue weighted by molar-refractivity contribution is 7.90. The Labute approximate surface area is 127 Å². The lowest BCUT2D eigenvalue weighted by atomic mass is 10.2. The minimum absolute atomic E-state index is 0.0732. The quantitative estimate of drug-likeness (QED) is 0.933. The summed E-state index contributed by atoms with van der Waals surface area (Å²) < 4.78 is 36.9. The van der Waals surface area contributed by atoms with Crippen LogP contribution in [-0.2, 0) is 10.0 Å². The molecule has 0 aromatic heterocycles. The molecule has 2 aromatic rings. The minimum Gasteiger partial charge on any atom is -0.454 e. The smallest absolute Gasteiger partial charge is 0.265 e. The van der Waals surface area contributed by atoms with Gasteiger partial charge in [-0.15, -0.1) is 0 Å². The molecule has 0 spiro atoms. The van der Waals surface area contributed by atoms with Gasteiger partial charge in [0.05, 0.1) is 4.90 Å². The van der Waals surface area contributed by atoms with Gasteiger partial charge in [0.15, 0.2) is 11.5 Å². The lowest BCUT2D eigenvalue weighted by molar-refractivity contribution is 0.0981. The fourth-order valence-electron chi connectivity index (χ4n) is 2.13. The highest BCUT2D eigenvalue weighted by Crippen LogP contribution is 2.32. The maximum absolute atomic E-state index is 12.3. The molecule has 114 valence electrons. The van der Waals surface area contributed by atoms with E-state index < -0.39 is 15.9 Å². The van der Waals surface area contributed by atoms with Gasteiger partial charge in [-0.3, -0.25) is 4.79 Å². The summed E-state index contributed by atoms with van der Waals surface area (Å²) in [5, 5.41) is 0. The van der Waals surface area contributed by atoms with Crippen LogP contribution in [0.3, 0.4) is 0 Å². The second-order valence-corrected chi connectivity index (χ2v) is 6.42. The van der Waals surface area contributed by atoms with E-state index in [0.29, 0.717) is 17.1 Å². The molecule has 1 aliphatic rings. The first-order chi connectivity index (χ1) is 10.5. The predicted octanol–water partition coefficient (Wildman–Crippen LogP) is 1.84. The molecule has 0 atom stereocenters. The zero-order valence-corrected chi connectivity index (χ0v) is 12.5. The number of hydrogen-bond donors (Lipinski definition) is 1. The summed E-state index contributed by atoms with van der Waals surface area (Å²) in [7, 11) is -3.92. The minimum atomic E-state index is -3.92. The van der Waals surface area contributed by atoms with E-state index in [9.17, 15) is 13.2 Å². The third kappa shape index (κ3) is 2.62. The molecule has 0 fully saturated rings. The molecule has 1 aliphatic heterocycles. The maximum Gasteiger partial charge on any atom is 0.265 e. The van der Waals surface area contributed by atoms with Crippen LogP contribution >= 0.6 is 0 Å². The normalized spacial score (nSPS) is 13.0. The summed E-state index contributed by atoms with van der Waals surface area (Å²) >= 11 is 0. The van der Waals surface area contributed by atoms with Gasteiger partial charge in [0, 0.05) is 5.56 Å². The van der Waals surface area contributed by atoms with Crippen molar-refractivity contribution >= 4 is 15.9 Å². The standard InChI is InChI=1S/C15H13NO5S/c1-10-4-2-3-5-14(10)22(18,19)16-15(17)11-6-7-12-13(8-11)21-9-20-12/h2-8H,9H2,1H3,(H,16,17). The van der Waals surface area contributed by atoms with Crippen molar-refractivity contribution in [2.24, 2.45) is 0 Å². The van der Waals surface area contributed by atoms with Crippen LogP contribution in [0.1, 0.15) is 15.9 Å². The third-order valence-electron chi connectivity index (χ3n) is 3.24. The molecule has 0 unspecified atom stereocenters. The molecule has 2 aromatic carbocycles. The van der Waals surface area contributed by atoms with Gasteiger partial charge in [-0.05, 0) is 36.8 Å². The average molecular weight is 319 g/mol. The summed E-state index contributed by atoms with van der Waals surface area (Å²) in [6, 6.07) is 10.9. The maximum atomic E-state index is 12.3. The Balaban J connectivity index is 1.86. The van der Waals surface area contributed by atoms with Crippen LogP contribution in [0.25, 0.3) is 0 Å². The fourth-order valence-corrected chi connectivity index (χ4v) is 3.35. The van der Waals surface area contributed by atoms with Crippen molar-refractivity contribution in [3.8, 4) is 11.5 Å². The molecule has 1 amide bonds. The Hall–Kier alpha value is -2.54. The highest BCUT2D eigenvalue weighted by atomic mass is 32.2. The number of nitrogens with one attached hydrogen (secondary N) is 1. The van der Waals surface area contributed by atoms with E-state index >= 15 is 0 Å². The van der Waals surface area contributed by atoms with E-state index in [1.54, 1.807) is 31.2 Å². The Morgan fingerprint density at radius 1 is 1.09 bits per heavy atom. The second-order valence-electron chi connectivity index (χ2n) is 4.77. The molecule has 0 bridgehead atoms. The van der Waals surface area contributed by atoms with Crippen molar-refractivity contribution in [3.63, 3.8) is 0 Å². The van der Waals surface area contributed by atoms with Gasteiger partial charge in [0.2, 0.25) is 6.79 Å². The highest BCUT2D eigenvalue weighted by Gasteiger charge is 2.22. The monoisotopic (exact) mass is 319 g/mol. The second kappa shape index (κ2) is 5.34. The molecule has 3 rings (SSSR count). The average Bonchev–Trinajstić information content (AvgIpc) is 2.94. The number of hydrogen-bond acceptors (Lipinski definition) is 5. The van der Waals surface area contributed by atoms with Gasteiger partial charge in [-0.2, -0.15) is 0 Å².